The lowest BCUT2D eigenvalue weighted by Gasteiger charge is -2.17. The van der Waals surface area contributed by atoms with E-state index in [2.05, 4.69) is 26.3 Å². The van der Waals surface area contributed by atoms with Gasteiger partial charge in [-0.15, -0.1) is 0 Å². The van der Waals surface area contributed by atoms with Crippen LogP contribution < -0.4 is 5.32 Å². The molecule has 3 rings (SSSR count). The molecule has 1 unspecified atom stereocenters. The fraction of sp³-hybridized carbons (Fsp3) is 0.500. The summed E-state index contributed by atoms with van der Waals surface area (Å²) in [7, 11) is 0. The summed E-state index contributed by atoms with van der Waals surface area (Å²) in [6, 6.07) is 4.08. The van der Waals surface area contributed by atoms with E-state index in [0.29, 0.717) is 6.42 Å². The summed E-state index contributed by atoms with van der Waals surface area (Å²) in [4.78, 5) is 34.7. The number of aryl methyl sites for hydroxylation is 2. The summed E-state index contributed by atoms with van der Waals surface area (Å²) in [6.45, 7) is 0.916. The molecule has 3 heterocycles. The molecule has 0 aromatic carbocycles. The SMILES string of the molecule is O=C(O)CC(CC(=O)CCCCc1ccc2c(n1)NCCC2)c1cnc(C(F)(F)F)nc1. The van der Waals surface area contributed by atoms with Crippen molar-refractivity contribution >= 4 is 17.6 Å². The number of carboxylic acids is 1. The molecule has 7 nitrogen and oxygen atoms in total. The number of hydrogen-bond donors (Lipinski definition) is 2. The molecular weight excluding hydrogens is 425 g/mol. The quantitative estimate of drug-likeness (QED) is 0.523. The number of Topliss-reactive ketones (excluding diaryl/α,β-unsaturated/α-hetero) is 1. The molecule has 1 aliphatic heterocycles. The number of carbonyl (C=O) groups excluding carboxylic acids is 1. The van der Waals surface area contributed by atoms with Crippen LogP contribution in [0, 0.1) is 0 Å². The number of ketones is 1. The normalized spacial score (nSPS) is 14.3. The van der Waals surface area contributed by atoms with Gasteiger partial charge in [0.05, 0.1) is 6.42 Å². The molecule has 0 spiro atoms. The smallest absolute Gasteiger partial charge is 0.451 e. The van der Waals surface area contributed by atoms with Crippen molar-refractivity contribution in [2.24, 2.45) is 0 Å². The first-order valence-corrected chi connectivity index (χ1v) is 10.6. The molecule has 1 atom stereocenters. The maximum atomic E-state index is 12.6. The monoisotopic (exact) mass is 450 g/mol. The van der Waals surface area contributed by atoms with Gasteiger partial charge in [-0.2, -0.15) is 13.2 Å². The van der Waals surface area contributed by atoms with Gasteiger partial charge in [-0.25, -0.2) is 15.0 Å². The van der Waals surface area contributed by atoms with Gasteiger partial charge in [0.25, 0.3) is 0 Å². The molecule has 0 bridgehead atoms. The van der Waals surface area contributed by atoms with Crippen LogP contribution in [-0.4, -0.2) is 38.4 Å². The molecule has 0 saturated heterocycles. The third kappa shape index (κ3) is 6.73. The number of aromatic nitrogens is 3. The molecule has 32 heavy (non-hydrogen) atoms. The molecule has 10 heteroatoms. The molecule has 0 radical (unpaired) electrons. The molecule has 0 saturated carbocycles. The number of carbonyl (C=O) groups is 2. The Bertz CT molecular complexity index is 948. The van der Waals surface area contributed by atoms with Gasteiger partial charge in [-0.05, 0) is 49.3 Å². The number of unbranched alkanes of at least 4 members (excludes halogenated alkanes) is 1. The van der Waals surface area contributed by atoms with Crippen molar-refractivity contribution in [3.63, 3.8) is 0 Å². The second kappa shape index (κ2) is 10.5. The number of rotatable bonds is 10. The second-order valence-corrected chi connectivity index (χ2v) is 7.92. The molecule has 2 aromatic heterocycles. The summed E-state index contributed by atoms with van der Waals surface area (Å²) >= 11 is 0. The van der Waals surface area contributed by atoms with Crippen molar-refractivity contribution in [1.82, 2.24) is 15.0 Å². The molecule has 172 valence electrons. The van der Waals surface area contributed by atoms with E-state index in [0.717, 1.165) is 56.1 Å². The van der Waals surface area contributed by atoms with E-state index in [-0.39, 0.29) is 30.6 Å². The third-order valence-corrected chi connectivity index (χ3v) is 5.38. The van der Waals surface area contributed by atoms with Gasteiger partial charge in [0.15, 0.2) is 0 Å². The number of halogens is 3. The van der Waals surface area contributed by atoms with Crippen molar-refractivity contribution in [3.05, 3.63) is 47.2 Å². The van der Waals surface area contributed by atoms with Gasteiger partial charge >= 0.3 is 12.1 Å². The molecule has 2 N–H and O–H groups in total. The van der Waals surface area contributed by atoms with Crippen LogP contribution in [0.2, 0.25) is 0 Å². The first-order valence-electron chi connectivity index (χ1n) is 10.6. The molecule has 0 amide bonds. The minimum absolute atomic E-state index is 0.0813. The van der Waals surface area contributed by atoms with Gasteiger partial charge in [0.1, 0.15) is 11.6 Å². The van der Waals surface area contributed by atoms with E-state index >= 15 is 0 Å². The largest absolute Gasteiger partial charge is 0.481 e. The molecule has 0 fully saturated rings. The van der Waals surface area contributed by atoms with E-state index in [1.54, 1.807) is 0 Å². The standard InChI is InChI=1S/C22H25F3N4O3/c23-22(24,25)21-27-12-16(13-28-21)15(11-19(31)32)10-18(30)6-2-1-5-17-8-7-14-4-3-9-26-20(14)29-17/h7-8,12-13,15H,1-6,9-11H2,(H,26,29)(H,31,32). The number of aliphatic carboxylic acids is 1. The minimum Gasteiger partial charge on any atom is -0.481 e. The number of carboxylic acid groups (broad SMARTS) is 1. The lowest BCUT2D eigenvalue weighted by Crippen LogP contribution is -2.15. The summed E-state index contributed by atoms with van der Waals surface area (Å²) < 4.78 is 37.9. The Hall–Kier alpha value is -3.04. The Morgan fingerprint density at radius 3 is 2.56 bits per heavy atom. The lowest BCUT2D eigenvalue weighted by atomic mass is 9.91. The predicted octanol–water partition coefficient (Wildman–Crippen LogP) is 4.18. The highest BCUT2D eigenvalue weighted by atomic mass is 19.4. The number of anilines is 1. The van der Waals surface area contributed by atoms with Gasteiger partial charge in [0.2, 0.25) is 5.82 Å². The number of hydrogen-bond acceptors (Lipinski definition) is 6. The molecule has 1 aliphatic rings. The third-order valence-electron chi connectivity index (χ3n) is 5.38. The van der Waals surface area contributed by atoms with Crippen LogP contribution in [0.3, 0.4) is 0 Å². The van der Waals surface area contributed by atoms with Crippen LogP contribution in [0.25, 0.3) is 0 Å². The Morgan fingerprint density at radius 2 is 1.88 bits per heavy atom. The number of fused-ring (bicyclic) bond motifs is 1. The summed E-state index contributed by atoms with van der Waals surface area (Å²) in [5, 5.41) is 12.4. The van der Waals surface area contributed by atoms with E-state index < -0.39 is 23.9 Å². The maximum Gasteiger partial charge on any atom is 0.451 e. The Balaban J connectivity index is 1.50. The van der Waals surface area contributed by atoms with E-state index in [1.807, 2.05) is 6.07 Å². The predicted molar refractivity (Wildman–Crippen MR) is 110 cm³/mol. The fourth-order valence-corrected chi connectivity index (χ4v) is 3.73. The van der Waals surface area contributed by atoms with Crippen molar-refractivity contribution in [3.8, 4) is 0 Å². The van der Waals surface area contributed by atoms with Crippen LogP contribution in [0.5, 0.6) is 0 Å². The van der Waals surface area contributed by atoms with Gasteiger partial charge in [-0.1, -0.05) is 6.07 Å². The first-order chi connectivity index (χ1) is 15.2. The van der Waals surface area contributed by atoms with E-state index in [4.69, 9.17) is 5.11 Å². The lowest BCUT2D eigenvalue weighted by molar-refractivity contribution is -0.145. The van der Waals surface area contributed by atoms with Crippen LogP contribution in [-0.2, 0) is 28.6 Å². The minimum atomic E-state index is -4.68. The zero-order valence-electron chi connectivity index (χ0n) is 17.5. The first kappa shape index (κ1) is 23.6. The molecular formula is C22H25F3N4O3. The highest BCUT2D eigenvalue weighted by molar-refractivity contribution is 5.80. The Kier molecular flexibility index (Phi) is 7.76. The zero-order valence-corrected chi connectivity index (χ0v) is 17.5. The van der Waals surface area contributed by atoms with Crippen molar-refractivity contribution < 1.29 is 27.9 Å². The van der Waals surface area contributed by atoms with Crippen LogP contribution >= 0.6 is 0 Å². The Morgan fingerprint density at radius 1 is 1.12 bits per heavy atom. The molecule has 2 aromatic rings. The van der Waals surface area contributed by atoms with Gasteiger partial charge in [-0.3, -0.25) is 9.59 Å². The van der Waals surface area contributed by atoms with Crippen molar-refractivity contribution in [2.75, 3.05) is 11.9 Å². The topological polar surface area (TPSA) is 105 Å². The van der Waals surface area contributed by atoms with E-state index in [1.165, 1.54) is 5.56 Å². The number of pyridine rings is 1. The van der Waals surface area contributed by atoms with Crippen LogP contribution in [0.1, 0.15) is 67.1 Å². The highest BCUT2D eigenvalue weighted by Crippen LogP contribution is 2.28. The summed E-state index contributed by atoms with van der Waals surface area (Å²) in [5.41, 5.74) is 2.38. The van der Waals surface area contributed by atoms with Crippen LogP contribution in [0.4, 0.5) is 19.0 Å². The summed E-state index contributed by atoms with van der Waals surface area (Å²) in [6.07, 6.45) is 1.24. The van der Waals surface area contributed by atoms with E-state index in [9.17, 15) is 22.8 Å². The second-order valence-electron chi connectivity index (χ2n) is 7.92. The van der Waals surface area contributed by atoms with Crippen molar-refractivity contribution in [1.29, 1.82) is 0 Å². The number of alkyl halides is 3. The maximum absolute atomic E-state index is 12.6. The molecule has 0 aliphatic carbocycles. The van der Waals surface area contributed by atoms with Gasteiger partial charge < -0.3 is 10.4 Å². The average molecular weight is 450 g/mol. The van der Waals surface area contributed by atoms with Crippen LogP contribution in [0.15, 0.2) is 24.5 Å². The van der Waals surface area contributed by atoms with Crippen molar-refractivity contribution in [2.45, 2.75) is 63.5 Å². The zero-order chi connectivity index (χ0) is 23.1. The highest BCUT2D eigenvalue weighted by Gasteiger charge is 2.34. The van der Waals surface area contributed by atoms with Gasteiger partial charge in [0, 0.05) is 43.4 Å². The fourth-order valence-electron chi connectivity index (χ4n) is 3.73. The number of nitrogens with zero attached hydrogens (tertiary/aromatic N) is 3. The Labute approximate surface area is 183 Å². The number of nitrogens with one attached hydrogen (secondary N) is 1. The summed E-state index contributed by atoms with van der Waals surface area (Å²) in [5.74, 6) is -2.42. The average Bonchev–Trinajstić information content (AvgIpc) is 2.75.